The van der Waals surface area contributed by atoms with Gasteiger partial charge in [0.2, 0.25) is 6.10 Å². The van der Waals surface area contributed by atoms with E-state index in [1.807, 2.05) is 0 Å². The first kappa shape index (κ1) is 14.9. The molecule has 2 atom stereocenters. The van der Waals surface area contributed by atoms with Gasteiger partial charge in [0, 0.05) is 11.8 Å². The highest BCUT2D eigenvalue weighted by Crippen LogP contribution is 2.56. The summed E-state index contributed by atoms with van der Waals surface area (Å²) in [5.74, 6) is 0. The summed E-state index contributed by atoms with van der Waals surface area (Å²) in [5, 5.41) is 9.64. The minimum absolute atomic E-state index is 0.164. The molecule has 0 aromatic heterocycles. The molecule has 112 valence electrons. The SMILES string of the molecule is OC1CC(OC(C(F)(F)F)C(F)(F)F)C12CCCC2. The number of hydrogen-bond donors (Lipinski definition) is 1. The van der Waals surface area contributed by atoms with E-state index in [1.54, 1.807) is 0 Å². The van der Waals surface area contributed by atoms with Crippen molar-refractivity contribution < 1.29 is 36.2 Å². The van der Waals surface area contributed by atoms with Crippen molar-refractivity contribution in [3.05, 3.63) is 0 Å². The van der Waals surface area contributed by atoms with E-state index in [4.69, 9.17) is 0 Å². The molecule has 2 aliphatic rings. The van der Waals surface area contributed by atoms with Crippen LogP contribution in [0.3, 0.4) is 0 Å². The molecule has 0 bridgehead atoms. The van der Waals surface area contributed by atoms with E-state index < -0.39 is 36.1 Å². The molecule has 8 heteroatoms. The van der Waals surface area contributed by atoms with Gasteiger partial charge in [-0.2, -0.15) is 26.3 Å². The molecule has 2 nitrogen and oxygen atoms in total. The number of halogens is 6. The molecule has 2 rings (SSSR count). The third-order valence-electron chi connectivity index (χ3n) is 4.17. The van der Waals surface area contributed by atoms with Gasteiger partial charge in [-0.05, 0) is 12.8 Å². The normalized spacial score (nSPS) is 30.9. The van der Waals surface area contributed by atoms with Crippen LogP contribution in [0, 0.1) is 5.41 Å². The standard InChI is InChI=1S/C11H14F6O2/c12-10(13,14)8(11(15,16)17)19-7-5-6(18)9(7)3-1-2-4-9/h6-8,18H,1-5H2. The van der Waals surface area contributed by atoms with Gasteiger partial charge in [0.25, 0.3) is 0 Å². The quantitative estimate of drug-likeness (QED) is 0.792. The molecule has 0 aromatic rings. The molecule has 0 heterocycles. The maximum absolute atomic E-state index is 12.4. The monoisotopic (exact) mass is 292 g/mol. The number of alkyl halides is 6. The summed E-state index contributed by atoms with van der Waals surface area (Å²) in [7, 11) is 0. The Kier molecular flexibility index (Phi) is 3.54. The number of rotatable bonds is 2. The van der Waals surface area contributed by atoms with Gasteiger partial charge < -0.3 is 9.84 Å². The van der Waals surface area contributed by atoms with Gasteiger partial charge in [-0.3, -0.25) is 0 Å². The Morgan fingerprint density at radius 1 is 1.00 bits per heavy atom. The number of aliphatic hydroxyl groups excluding tert-OH is 1. The van der Waals surface area contributed by atoms with Crippen LogP contribution in [0.15, 0.2) is 0 Å². The Morgan fingerprint density at radius 3 is 1.84 bits per heavy atom. The molecule has 1 spiro atoms. The van der Waals surface area contributed by atoms with Crippen LogP contribution >= 0.6 is 0 Å². The van der Waals surface area contributed by atoms with E-state index in [2.05, 4.69) is 4.74 Å². The topological polar surface area (TPSA) is 29.5 Å². The van der Waals surface area contributed by atoms with E-state index >= 15 is 0 Å². The lowest BCUT2D eigenvalue weighted by molar-refractivity contribution is -0.354. The Bertz CT molecular complexity index is 317. The molecular weight excluding hydrogens is 278 g/mol. The fourth-order valence-electron chi connectivity index (χ4n) is 3.11. The summed E-state index contributed by atoms with van der Waals surface area (Å²) in [5.41, 5.74) is -0.908. The molecule has 0 saturated heterocycles. The lowest BCUT2D eigenvalue weighted by Crippen LogP contribution is -2.60. The third-order valence-corrected chi connectivity index (χ3v) is 4.17. The fraction of sp³-hybridized carbons (Fsp3) is 1.00. The smallest absolute Gasteiger partial charge is 0.392 e. The van der Waals surface area contributed by atoms with Crippen LogP contribution in [0.25, 0.3) is 0 Å². The molecule has 2 saturated carbocycles. The minimum Gasteiger partial charge on any atom is -0.392 e. The predicted molar refractivity (Wildman–Crippen MR) is 52.3 cm³/mol. The summed E-state index contributed by atoms with van der Waals surface area (Å²) in [6, 6.07) is 0. The Morgan fingerprint density at radius 2 is 1.47 bits per heavy atom. The summed E-state index contributed by atoms with van der Waals surface area (Å²) < 4.78 is 78.7. The molecule has 0 aromatic carbocycles. The number of aliphatic hydroxyl groups is 1. The zero-order valence-corrected chi connectivity index (χ0v) is 9.89. The second-order valence-corrected chi connectivity index (χ2v) is 5.28. The van der Waals surface area contributed by atoms with Crippen molar-refractivity contribution in [1.29, 1.82) is 0 Å². The second-order valence-electron chi connectivity index (χ2n) is 5.28. The largest absolute Gasteiger partial charge is 0.423 e. The first-order chi connectivity index (χ1) is 8.57. The van der Waals surface area contributed by atoms with Crippen LogP contribution in [0.2, 0.25) is 0 Å². The van der Waals surface area contributed by atoms with Crippen molar-refractivity contribution in [2.75, 3.05) is 0 Å². The van der Waals surface area contributed by atoms with Crippen molar-refractivity contribution >= 4 is 0 Å². The first-order valence-corrected chi connectivity index (χ1v) is 6.04. The van der Waals surface area contributed by atoms with Gasteiger partial charge in [-0.1, -0.05) is 12.8 Å². The Labute approximate surface area is 105 Å². The lowest BCUT2D eigenvalue weighted by atomic mass is 9.62. The van der Waals surface area contributed by atoms with E-state index in [1.165, 1.54) is 0 Å². The Balaban J connectivity index is 2.11. The van der Waals surface area contributed by atoms with Gasteiger partial charge in [0.05, 0.1) is 12.2 Å². The van der Waals surface area contributed by atoms with E-state index in [-0.39, 0.29) is 6.42 Å². The van der Waals surface area contributed by atoms with Crippen LogP contribution in [0.1, 0.15) is 32.1 Å². The molecule has 0 radical (unpaired) electrons. The first-order valence-electron chi connectivity index (χ1n) is 6.04. The maximum Gasteiger partial charge on any atom is 0.423 e. The molecule has 1 N–H and O–H groups in total. The van der Waals surface area contributed by atoms with Gasteiger partial charge in [0.15, 0.2) is 0 Å². The minimum atomic E-state index is -5.49. The average molecular weight is 292 g/mol. The highest BCUT2D eigenvalue weighted by atomic mass is 19.4. The van der Waals surface area contributed by atoms with Crippen LogP contribution in [-0.2, 0) is 4.74 Å². The van der Waals surface area contributed by atoms with E-state index in [0.29, 0.717) is 25.7 Å². The van der Waals surface area contributed by atoms with Crippen molar-refractivity contribution in [3.63, 3.8) is 0 Å². The van der Waals surface area contributed by atoms with Gasteiger partial charge in [0.1, 0.15) is 0 Å². The molecule has 0 aliphatic heterocycles. The summed E-state index contributed by atoms with van der Waals surface area (Å²) in [4.78, 5) is 0. The molecule has 2 fully saturated rings. The maximum atomic E-state index is 12.4. The molecule has 2 unspecified atom stereocenters. The zero-order valence-electron chi connectivity index (χ0n) is 9.89. The fourth-order valence-corrected chi connectivity index (χ4v) is 3.11. The molecular formula is C11H14F6O2. The number of hydrogen-bond acceptors (Lipinski definition) is 2. The lowest BCUT2D eigenvalue weighted by Gasteiger charge is -2.52. The van der Waals surface area contributed by atoms with Crippen molar-refractivity contribution in [2.24, 2.45) is 5.41 Å². The molecule has 0 amide bonds. The molecule has 2 aliphatic carbocycles. The highest BCUT2D eigenvalue weighted by molar-refractivity contribution is 5.07. The Hall–Kier alpha value is -0.500. The van der Waals surface area contributed by atoms with Crippen LogP contribution < -0.4 is 0 Å². The second kappa shape index (κ2) is 4.51. The van der Waals surface area contributed by atoms with E-state index in [0.717, 1.165) is 0 Å². The summed E-state index contributed by atoms with van der Waals surface area (Å²) >= 11 is 0. The van der Waals surface area contributed by atoms with Crippen LogP contribution in [-0.4, -0.2) is 35.8 Å². The van der Waals surface area contributed by atoms with Gasteiger partial charge in [-0.15, -0.1) is 0 Å². The van der Waals surface area contributed by atoms with Crippen LogP contribution in [0.4, 0.5) is 26.3 Å². The van der Waals surface area contributed by atoms with Crippen molar-refractivity contribution in [3.8, 4) is 0 Å². The highest BCUT2D eigenvalue weighted by Gasteiger charge is 2.64. The average Bonchev–Trinajstić information content (AvgIpc) is 2.71. The van der Waals surface area contributed by atoms with Gasteiger partial charge in [-0.25, -0.2) is 0 Å². The zero-order chi connectivity index (χ0) is 14.5. The third kappa shape index (κ3) is 2.56. The predicted octanol–water partition coefficient (Wildman–Crippen LogP) is 3.19. The van der Waals surface area contributed by atoms with Gasteiger partial charge >= 0.3 is 12.4 Å². The number of ether oxygens (including phenoxy) is 1. The van der Waals surface area contributed by atoms with E-state index in [9.17, 15) is 31.4 Å². The van der Waals surface area contributed by atoms with Crippen molar-refractivity contribution in [1.82, 2.24) is 0 Å². The summed E-state index contributed by atoms with van der Waals surface area (Å²) in [6.45, 7) is 0. The summed E-state index contributed by atoms with van der Waals surface area (Å²) in [6.07, 6.45) is -14.7. The van der Waals surface area contributed by atoms with Crippen LogP contribution in [0.5, 0.6) is 0 Å². The van der Waals surface area contributed by atoms with Crippen molar-refractivity contribution in [2.45, 2.75) is 62.8 Å². The molecule has 19 heavy (non-hydrogen) atoms.